The van der Waals surface area contributed by atoms with E-state index in [9.17, 15) is 5.11 Å². The van der Waals surface area contributed by atoms with Crippen LogP contribution in [0.15, 0.2) is 18.2 Å². The van der Waals surface area contributed by atoms with Crippen molar-refractivity contribution in [1.82, 2.24) is 4.90 Å². The van der Waals surface area contributed by atoms with Crippen LogP contribution in [-0.4, -0.2) is 35.7 Å². The van der Waals surface area contributed by atoms with E-state index in [4.69, 9.17) is 23.2 Å². The van der Waals surface area contributed by atoms with Crippen LogP contribution >= 0.6 is 23.2 Å². The van der Waals surface area contributed by atoms with Gasteiger partial charge in [-0.2, -0.15) is 0 Å². The summed E-state index contributed by atoms with van der Waals surface area (Å²) in [6, 6.07) is 5.42. The average Bonchev–Trinajstić information content (AvgIpc) is 2.84. The maximum Gasteiger partial charge on any atom is 0.0764 e. The van der Waals surface area contributed by atoms with E-state index in [-0.39, 0.29) is 5.54 Å². The van der Waals surface area contributed by atoms with Gasteiger partial charge in [-0.25, -0.2) is 0 Å². The Morgan fingerprint density at radius 1 is 1.26 bits per heavy atom. The van der Waals surface area contributed by atoms with Gasteiger partial charge in [-0.15, -0.1) is 0 Å². The topological polar surface area (TPSA) is 23.5 Å². The first-order valence-electron chi connectivity index (χ1n) is 6.75. The molecule has 1 aromatic carbocycles. The summed E-state index contributed by atoms with van der Waals surface area (Å²) in [6.07, 6.45) is 4.58. The van der Waals surface area contributed by atoms with Gasteiger partial charge in [0.1, 0.15) is 0 Å². The third-order valence-corrected chi connectivity index (χ3v) is 5.01. The third-order valence-electron chi connectivity index (χ3n) is 4.40. The predicted molar refractivity (Wildman–Crippen MR) is 81.1 cm³/mol. The predicted octanol–water partition coefficient (Wildman–Crippen LogP) is 3.77. The van der Waals surface area contributed by atoms with Crippen molar-refractivity contribution in [2.75, 3.05) is 14.1 Å². The highest BCUT2D eigenvalue weighted by atomic mass is 35.5. The highest BCUT2D eigenvalue weighted by molar-refractivity contribution is 6.33. The molecule has 0 aliphatic heterocycles. The Balaban J connectivity index is 2.19. The number of hydrogen-bond acceptors (Lipinski definition) is 2. The summed E-state index contributed by atoms with van der Waals surface area (Å²) in [5, 5.41) is 12.0. The van der Waals surface area contributed by atoms with Crippen LogP contribution in [0.5, 0.6) is 0 Å². The minimum absolute atomic E-state index is 0.119. The summed E-state index contributed by atoms with van der Waals surface area (Å²) in [7, 11) is 4.10. The van der Waals surface area contributed by atoms with Gasteiger partial charge >= 0.3 is 0 Å². The molecule has 0 heterocycles. The fourth-order valence-corrected chi connectivity index (χ4v) is 3.55. The Morgan fingerprint density at radius 2 is 1.89 bits per heavy atom. The van der Waals surface area contributed by atoms with Gasteiger partial charge in [0.2, 0.25) is 0 Å². The smallest absolute Gasteiger partial charge is 0.0764 e. The second-order valence-electron chi connectivity index (χ2n) is 5.66. The van der Waals surface area contributed by atoms with E-state index in [1.54, 1.807) is 12.1 Å². The van der Waals surface area contributed by atoms with Gasteiger partial charge in [-0.1, -0.05) is 36.0 Å². The van der Waals surface area contributed by atoms with Gasteiger partial charge in [0, 0.05) is 22.0 Å². The van der Waals surface area contributed by atoms with Crippen LogP contribution in [0.3, 0.4) is 0 Å². The molecule has 0 aromatic heterocycles. The van der Waals surface area contributed by atoms with Crippen molar-refractivity contribution in [2.24, 2.45) is 0 Å². The van der Waals surface area contributed by atoms with Gasteiger partial charge in [0.25, 0.3) is 0 Å². The maximum absolute atomic E-state index is 10.7. The lowest BCUT2D eigenvalue weighted by molar-refractivity contribution is -0.00249. The van der Waals surface area contributed by atoms with Crippen molar-refractivity contribution >= 4 is 23.2 Å². The van der Waals surface area contributed by atoms with Gasteiger partial charge in [-0.3, -0.25) is 0 Å². The van der Waals surface area contributed by atoms with Crippen LogP contribution in [0.4, 0.5) is 0 Å². The number of aliphatic hydroxyl groups is 1. The molecule has 0 saturated heterocycles. The monoisotopic (exact) mass is 301 g/mol. The molecule has 1 aromatic rings. The number of halogens is 2. The van der Waals surface area contributed by atoms with Crippen molar-refractivity contribution < 1.29 is 5.11 Å². The molecular weight excluding hydrogens is 281 g/mol. The lowest BCUT2D eigenvalue weighted by atomic mass is 9.85. The zero-order chi connectivity index (χ0) is 14.0. The van der Waals surface area contributed by atoms with Crippen LogP contribution in [0.2, 0.25) is 10.0 Å². The van der Waals surface area contributed by atoms with Gasteiger partial charge in [-0.05, 0) is 50.7 Å². The Labute approximate surface area is 125 Å². The maximum atomic E-state index is 10.7. The first-order valence-corrected chi connectivity index (χ1v) is 7.51. The summed E-state index contributed by atoms with van der Waals surface area (Å²) in [5.41, 5.74) is 0.806. The first kappa shape index (κ1) is 15.1. The molecule has 4 heteroatoms. The van der Waals surface area contributed by atoms with Crippen molar-refractivity contribution in [2.45, 2.75) is 43.7 Å². The Hall–Kier alpha value is -0.280. The third kappa shape index (κ3) is 3.08. The van der Waals surface area contributed by atoms with Crippen LogP contribution < -0.4 is 0 Å². The van der Waals surface area contributed by atoms with Crippen LogP contribution in [0.1, 0.15) is 31.2 Å². The Morgan fingerprint density at radius 3 is 2.47 bits per heavy atom. The zero-order valence-electron chi connectivity index (χ0n) is 11.5. The quantitative estimate of drug-likeness (QED) is 0.915. The van der Waals surface area contributed by atoms with Crippen LogP contribution in [-0.2, 0) is 6.42 Å². The van der Waals surface area contributed by atoms with E-state index < -0.39 is 6.10 Å². The zero-order valence-corrected chi connectivity index (χ0v) is 13.0. The van der Waals surface area contributed by atoms with E-state index >= 15 is 0 Å². The second kappa shape index (κ2) is 6.01. The molecular formula is C15H21Cl2NO. The molecule has 0 radical (unpaired) electrons. The average molecular weight is 302 g/mol. The number of hydrogen-bond donors (Lipinski definition) is 1. The molecule has 106 valence electrons. The fraction of sp³-hybridized carbons (Fsp3) is 0.600. The normalized spacial score (nSPS) is 19.9. The number of aliphatic hydroxyl groups excluding tert-OH is 1. The Kier molecular flexibility index (Phi) is 4.78. The highest BCUT2D eigenvalue weighted by Crippen LogP contribution is 2.38. The summed E-state index contributed by atoms with van der Waals surface area (Å²) in [5.74, 6) is 0. The molecule has 1 fully saturated rings. The molecule has 1 aliphatic carbocycles. The van der Waals surface area contributed by atoms with E-state index in [0.717, 1.165) is 18.4 Å². The summed E-state index contributed by atoms with van der Waals surface area (Å²) in [4.78, 5) is 2.17. The number of rotatable bonds is 4. The molecule has 1 aliphatic rings. The van der Waals surface area contributed by atoms with Crippen molar-refractivity contribution in [3.8, 4) is 0 Å². The molecule has 0 spiro atoms. The molecule has 0 bridgehead atoms. The largest absolute Gasteiger partial charge is 0.391 e. The van der Waals surface area contributed by atoms with Crippen LogP contribution in [0.25, 0.3) is 0 Å². The lowest BCUT2D eigenvalue weighted by Crippen LogP contribution is -2.52. The van der Waals surface area contributed by atoms with Crippen molar-refractivity contribution in [3.05, 3.63) is 33.8 Å². The van der Waals surface area contributed by atoms with E-state index in [2.05, 4.69) is 4.90 Å². The highest BCUT2D eigenvalue weighted by Gasteiger charge is 2.42. The fourth-order valence-electron chi connectivity index (χ4n) is 3.16. The standard InChI is InChI=1S/C15H21Cl2NO/c1-18(2)15(7-3-4-8-15)14(19)10-11-9-12(16)5-6-13(11)17/h5-6,9,14,19H,3-4,7-8,10H2,1-2H3. The molecule has 1 unspecified atom stereocenters. The van der Waals surface area contributed by atoms with E-state index in [0.29, 0.717) is 16.5 Å². The number of likely N-dealkylation sites (N-methyl/N-ethyl adjacent to an activating group) is 1. The summed E-state index contributed by atoms with van der Waals surface area (Å²) >= 11 is 12.2. The number of benzene rings is 1. The SMILES string of the molecule is CN(C)C1(C(O)Cc2cc(Cl)ccc2Cl)CCCC1. The summed E-state index contributed by atoms with van der Waals surface area (Å²) in [6.45, 7) is 0. The van der Waals surface area contributed by atoms with E-state index in [1.807, 2.05) is 20.2 Å². The minimum Gasteiger partial charge on any atom is -0.391 e. The lowest BCUT2D eigenvalue weighted by Gasteiger charge is -2.40. The van der Waals surface area contributed by atoms with Gasteiger partial charge in [0.15, 0.2) is 0 Å². The number of nitrogens with zero attached hydrogens (tertiary/aromatic N) is 1. The van der Waals surface area contributed by atoms with Crippen molar-refractivity contribution in [3.63, 3.8) is 0 Å². The minimum atomic E-state index is -0.416. The van der Waals surface area contributed by atoms with Crippen molar-refractivity contribution in [1.29, 1.82) is 0 Å². The van der Waals surface area contributed by atoms with Crippen LogP contribution in [0, 0.1) is 0 Å². The van der Waals surface area contributed by atoms with Gasteiger partial charge in [0.05, 0.1) is 6.10 Å². The van der Waals surface area contributed by atoms with Gasteiger partial charge < -0.3 is 10.0 Å². The second-order valence-corrected chi connectivity index (χ2v) is 6.50. The molecule has 2 rings (SSSR count). The molecule has 19 heavy (non-hydrogen) atoms. The van der Waals surface area contributed by atoms with E-state index in [1.165, 1.54) is 12.8 Å². The first-order chi connectivity index (χ1) is 8.95. The molecule has 1 atom stereocenters. The molecule has 1 saturated carbocycles. The molecule has 0 amide bonds. The molecule has 2 nitrogen and oxygen atoms in total. The Bertz CT molecular complexity index is 442. The summed E-state index contributed by atoms with van der Waals surface area (Å²) < 4.78 is 0. The molecule has 1 N–H and O–H groups in total.